The Labute approximate surface area is 174 Å². The minimum atomic E-state index is -1.30. The van der Waals surface area contributed by atoms with E-state index >= 15 is 0 Å². The normalized spacial score (nSPS) is 10.5. The molecule has 2 aromatic carbocycles. The maximum atomic E-state index is 14.0. The number of nitrogens with one attached hydrogen (secondary N) is 1. The van der Waals surface area contributed by atoms with Gasteiger partial charge in [0.1, 0.15) is 17.3 Å². The smallest absolute Gasteiger partial charge is 0.267 e. The van der Waals surface area contributed by atoms with Crippen molar-refractivity contribution < 1.29 is 32.2 Å². The minimum absolute atomic E-state index is 0.0726. The first kappa shape index (κ1) is 21.6. The Morgan fingerprint density at radius 1 is 1.06 bits per heavy atom. The van der Waals surface area contributed by atoms with Gasteiger partial charge in [-0.1, -0.05) is 0 Å². The van der Waals surface area contributed by atoms with Gasteiger partial charge in [-0.3, -0.25) is 14.6 Å². The highest BCUT2D eigenvalue weighted by Gasteiger charge is 2.22. The van der Waals surface area contributed by atoms with E-state index in [-0.39, 0.29) is 34.0 Å². The molecule has 0 aliphatic carbocycles. The van der Waals surface area contributed by atoms with Crippen LogP contribution in [0, 0.1) is 24.4 Å². The van der Waals surface area contributed by atoms with Crippen molar-refractivity contribution in [1.29, 1.82) is 0 Å². The Hall–Kier alpha value is -4.08. The zero-order chi connectivity index (χ0) is 22.7. The summed E-state index contributed by atoms with van der Waals surface area (Å²) >= 11 is 0. The van der Waals surface area contributed by atoms with Crippen LogP contribution in [-0.4, -0.2) is 23.9 Å². The number of aromatic nitrogens is 1. The Balaban J connectivity index is 2.01. The second kappa shape index (κ2) is 8.74. The van der Waals surface area contributed by atoms with Gasteiger partial charge in [0.2, 0.25) is 11.6 Å². The lowest BCUT2D eigenvalue weighted by Crippen LogP contribution is -2.17. The molecule has 1 aromatic heterocycles. The lowest BCUT2D eigenvalue weighted by Gasteiger charge is -2.16. The molecule has 3 aromatic rings. The lowest BCUT2D eigenvalue weighted by atomic mass is 10.1. The van der Waals surface area contributed by atoms with Crippen LogP contribution in [0.1, 0.15) is 26.4 Å². The van der Waals surface area contributed by atoms with E-state index in [0.717, 1.165) is 31.4 Å². The molecule has 0 unspecified atom stereocenters. The predicted octanol–water partition coefficient (Wildman–Crippen LogP) is 3.96. The number of rotatable bonds is 6. The number of anilines is 1. The van der Waals surface area contributed by atoms with Gasteiger partial charge >= 0.3 is 0 Å². The second-order valence-corrected chi connectivity index (χ2v) is 6.34. The van der Waals surface area contributed by atoms with E-state index < -0.39 is 35.0 Å². The fraction of sp³-hybridized carbons (Fsp3) is 0.0952. The molecular formula is C21H16F3N3O4. The molecule has 3 N–H and O–H groups in total. The van der Waals surface area contributed by atoms with Crippen molar-refractivity contribution >= 4 is 17.5 Å². The van der Waals surface area contributed by atoms with Crippen molar-refractivity contribution in [3.05, 3.63) is 76.9 Å². The minimum Gasteiger partial charge on any atom is -0.490 e. The van der Waals surface area contributed by atoms with E-state index in [0.29, 0.717) is 0 Å². The number of ether oxygens (including phenoxy) is 2. The van der Waals surface area contributed by atoms with Gasteiger partial charge in [0.25, 0.3) is 11.8 Å². The number of carbonyl (C=O) groups excluding carboxylic acids is 2. The van der Waals surface area contributed by atoms with Gasteiger partial charge < -0.3 is 20.5 Å². The van der Waals surface area contributed by atoms with Crippen LogP contribution >= 0.6 is 0 Å². The number of nitrogens with two attached hydrogens (primary N) is 1. The summed E-state index contributed by atoms with van der Waals surface area (Å²) in [4.78, 5) is 28.0. The average molecular weight is 431 g/mol. The number of benzene rings is 2. The number of halogens is 3. The van der Waals surface area contributed by atoms with E-state index in [1.54, 1.807) is 0 Å². The van der Waals surface area contributed by atoms with Gasteiger partial charge in [-0.05, 0) is 42.8 Å². The predicted molar refractivity (Wildman–Crippen MR) is 105 cm³/mol. The van der Waals surface area contributed by atoms with Gasteiger partial charge in [-0.15, -0.1) is 0 Å². The van der Waals surface area contributed by atoms with Gasteiger partial charge in [0.15, 0.2) is 11.6 Å². The largest absolute Gasteiger partial charge is 0.490 e. The number of amides is 2. The molecule has 0 spiro atoms. The van der Waals surface area contributed by atoms with Crippen molar-refractivity contribution in [2.45, 2.75) is 6.92 Å². The summed E-state index contributed by atoms with van der Waals surface area (Å²) in [5.74, 6) is -5.75. The molecule has 0 saturated heterocycles. The molecule has 0 saturated carbocycles. The topological polar surface area (TPSA) is 104 Å². The molecule has 3 rings (SSSR count). The van der Waals surface area contributed by atoms with Crippen LogP contribution in [0.5, 0.6) is 17.2 Å². The summed E-state index contributed by atoms with van der Waals surface area (Å²) in [6, 6.07) is 6.60. The van der Waals surface area contributed by atoms with Crippen LogP contribution in [0.2, 0.25) is 0 Å². The van der Waals surface area contributed by atoms with Gasteiger partial charge in [0, 0.05) is 18.0 Å². The number of primary amides is 1. The molecule has 0 atom stereocenters. The number of methoxy groups -OCH3 is 1. The van der Waals surface area contributed by atoms with Crippen molar-refractivity contribution in [1.82, 2.24) is 4.98 Å². The maximum absolute atomic E-state index is 14.0. The molecule has 160 valence electrons. The fourth-order valence-electron chi connectivity index (χ4n) is 2.82. The number of nitrogens with zero attached hydrogens (tertiary/aromatic N) is 1. The standard InChI is InChI=1S/C21H16F3N3O4/c1-10-7-11(22)8-16(31-15-4-3-13(23)18(24)19(15)30-2)17(10)21(29)27-12-5-6-26-14(9-12)20(25)28/h3-9H,1-2H3,(H2,25,28)(H,26,27,29). The third-order valence-corrected chi connectivity index (χ3v) is 4.20. The molecule has 2 amide bonds. The highest BCUT2D eigenvalue weighted by molar-refractivity contribution is 6.07. The summed E-state index contributed by atoms with van der Waals surface area (Å²) in [6.07, 6.45) is 1.27. The molecule has 0 aliphatic heterocycles. The fourth-order valence-corrected chi connectivity index (χ4v) is 2.82. The first-order chi connectivity index (χ1) is 14.7. The molecule has 0 aliphatic rings. The molecule has 7 nitrogen and oxygen atoms in total. The highest BCUT2D eigenvalue weighted by atomic mass is 19.2. The average Bonchev–Trinajstić information content (AvgIpc) is 2.70. The van der Waals surface area contributed by atoms with E-state index in [9.17, 15) is 22.8 Å². The monoisotopic (exact) mass is 431 g/mol. The SMILES string of the molecule is COc1c(Oc2cc(F)cc(C)c2C(=O)Nc2ccnc(C(N)=O)c2)ccc(F)c1F. The summed E-state index contributed by atoms with van der Waals surface area (Å²) in [7, 11) is 1.11. The Morgan fingerprint density at radius 3 is 2.48 bits per heavy atom. The van der Waals surface area contributed by atoms with E-state index in [1.807, 2.05) is 0 Å². The van der Waals surface area contributed by atoms with Gasteiger partial charge in [0.05, 0.1) is 12.7 Å². The van der Waals surface area contributed by atoms with Crippen LogP contribution in [0.4, 0.5) is 18.9 Å². The van der Waals surface area contributed by atoms with Crippen molar-refractivity contribution in [2.24, 2.45) is 5.73 Å². The number of pyridine rings is 1. The highest BCUT2D eigenvalue weighted by Crippen LogP contribution is 2.37. The summed E-state index contributed by atoms with van der Waals surface area (Å²) < 4.78 is 51.9. The Bertz CT molecular complexity index is 1180. The molecular weight excluding hydrogens is 415 g/mol. The van der Waals surface area contributed by atoms with E-state index in [1.165, 1.54) is 25.3 Å². The number of aryl methyl sites for hydroxylation is 1. The first-order valence-electron chi connectivity index (χ1n) is 8.78. The van der Waals surface area contributed by atoms with Gasteiger partial charge in [-0.25, -0.2) is 8.78 Å². The zero-order valence-electron chi connectivity index (χ0n) is 16.3. The van der Waals surface area contributed by atoms with Gasteiger partial charge in [-0.2, -0.15) is 4.39 Å². The third-order valence-electron chi connectivity index (χ3n) is 4.20. The lowest BCUT2D eigenvalue weighted by molar-refractivity contribution is 0.0991. The molecule has 0 fully saturated rings. The van der Waals surface area contributed by atoms with Crippen LogP contribution < -0.4 is 20.5 Å². The molecule has 31 heavy (non-hydrogen) atoms. The Morgan fingerprint density at radius 2 is 1.81 bits per heavy atom. The first-order valence-corrected chi connectivity index (χ1v) is 8.78. The van der Waals surface area contributed by atoms with Crippen LogP contribution in [-0.2, 0) is 0 Å². The quantitative estimate of drug-likeness (QED) is 0.615. The van der Waals surface area contributed by atoms with E-state index in [4.69, 9.17) is 15.2 Å². The van der Waals surface area contributed by atoms with Crippen molar-refractivity contribution in [3.8, 4) is 17.2 Å². The second-order valence-electron chi connectivity index (χ2n) is 6.34. The number of hydrogen-bond acceptors (Lipinski definition) is 5. The van der Waals surface area contributed by atoms with Crippen molar-refractivity contribution in [3.63, 3.8) is 0 Å². The molecule has 0 bridgehead atoms. The zero-order valence-corrected chi connectivity index (χ0v) is 16.3. The van der Waals surface area contributed by atoms with Crippen LogP contribution in [0.25, 0.3) is 0 Å². The van der Waals surface area contributed by atoms with E-state index in [2.05, 4.69) is 10.3 Å². The molecule has 0 radical (unpaired) electrons. The summed E-state index contributed by atoms with van der Waals surface area (Å²) in [6.45, 7) is 1.47. The van der Waals surface area contributed by atoms with Crippen LogP contribution in [0.3, 0.4) is 0 Å². The van der Waals surface area contributed by atoms with Crippen molar-refractivity contribution in [2.75, 3.05) is 12.4 Å². The number of hydrogen-bond donors (Lipinski definition) is 2. The summed E-state index contributed by atoms with van der Waals surface area (Å²) in [5, 5.41) is 2.53. The Kier molecular flexibility index (Phi) is 6.10. The third kappa shape index (κ3) is 4.58. The maximum Gasteiger partial charge on any atom is 0.267 e. The summed E-state index contributed by atoms with van der Waals surface area (Å²) in [5.41, 5.74) is 5.44. The van der Waals surface area contributed by atoms with Crippen LogP contribution in [0.15, 0.2) is 42.6 Å². The molecule has 1 heterocycles. The molecule has 10 heteroatoms. The number of carbonyl (C=O) groups is 2.